The number of hydrogen-bond acceptors (Lipinski definition) is 2. The van der Waals surface area contributed by atoms with Crippen molar-refractivity contribution in [1.29, 1.82) is 0 Å². The SMILES string of the molecule is O=C(O)[B]c1c[nH]c2cc(Cl)c(C3(F)CC3)cc2c1=O. The fourth-order valence-electron chi connectivity index (χ4n) is 2.22. The Bertz CT molecular complexity index is 785. The lowest BCUT2D eigenvalue weighted by Gasteiger charge is -2.10. The molecule has 1 heterocycles. The van der Waals surface area contributed by atoms with Gasteiger partial charge in [0.2, 0.25) is 5.87 Å². The number of carbonyl (C=O) groups is 1. The third kappa shape index (κ3) is 2.10. The zero-order valence-corrected chi connectivity index (χ0v) is 11.0. The van der Waals surface area contributed by atoms with Crippen LogP contribution >= 0.6 is 11.6 Å². The summed E-state index contributed by atoms with van der Waals surface area (Å²) in [6.07, 6.45) is 2.07. The molecular weight excluding hydrogens is 283 g/mol. The Labute approximate surface area is 118 Å². The molecule has 2 aromatic rings. The van der Waals surface area contributed by atoms with E-state index in [4.69, 9.17) is 16.7 Å². The summed E-state index contributed by atoms with van der Waals surface area (Å²) in [6.45, 7) is 0. The highest BCUT2D eigenvalue weighted by Gasteiger charge is 2.46. The normalized spacial score (nSPS) is 16.1. The summed E-state index contributed by atoms with van der Waals surface area (Å²) in [5.74, 6) is -1.21. The molecule has 1 radical (unpaired) electrons. The topological polar surface area (TPSA) is 70.2 Å². The van der Waals surface area contributed by atoms with Gasteiger partial charge in [0.15, 0.2) is 5.43 Å². The number of carboxylic acid groups (broad SMARTS) is 1. The minimum atomic E-state index is -1.45. The summed E-state index contributed by atoms with van der Waals surface area (Å²) in [5.41, 5.74) is -1.14. The van der Waals surface area contributed by atoms with Gasteiger partial charge in [-0.05, 0) is 36.6 Å². The third-order valence-electron chi connectivity index (χ3n) is 3.45. The van der Waals surface area contributed by atoms with Crippen LogP contribution in [0.5, 0.6) is 0 Å². The Balaban J connectivity index is 2.22. The van der Waals surface area contributed by atoms with Crippen LogP contribution in [-0.2, 0) is 5.67 Å². The molecule has 0 bridgehead atoms. The Hall–Kier alpha value is -1.82. The van der Waals surface area contributed by atoms with E-state index in [1.807, 2.05) is 0 Å². The first-order chi connectivity index (χ1) is 9.40. The molecule has 1 aliphatic rings. The maximum absolute atomic E-state index is 14.2. The first-order valence-corrected chi connectivity index (χ1v) is 6.40. The van der Waals surface area contributed by atoms with Crippen molar-refractivity contribution < 1.29 is 14.3 Å². The molecule has 101 valence electrons. The average molecular weight is 292 g/mol. The molecule has 7 heteroatoms. The Morgan fingerprint density at radius 3 is 2.75 bits per heavy atom. The van der Waals surface area contributed by atoms with Gasteiger partial charge in [0.25, 0.3) is 0 Å². The van der Waals surface area contributed by atoms with E-state index in [0.717, 1.165) is 7.28 Å². The average Bonchev–Trinajstić information content (AvgIpc) is 3.11. The molecule has 1 aromatic heterocycles. The molecule has 1 saturated carbocycles. The number of hydrogen-bond donors (Lipinski definition) is 2. The van der Waals surface area contributed by atoms with Gasteiger partial charge in [-0.2, -0.15) is 0 Å². The second-order valence-corrected chi connectivity index (χ2v) is 5.31. The molecule has 1 fully saturated rings. The highest BCUT2D eigenvalue weighted by Crippen LogP contribution is 2.52. The number of aromatic amines is 1. The number of aromatic nitrogens is 1. The van der Waals surface area contributed by atoms with Crippen molar-refractivity contribution in [3.05, 3.63) is 39.1 Å². The summed E-state index contributed by atoms with van der Waals surface area (Å²) < 4.78 is 14.2. The van der Waals surface area contributed by atoms with Crippen molar-refractivity contribution in [3.8, 4) is 0 Å². The van der Waals surface area contributed by atoms with Crippen LogP contribution in [0.15, 0.2) is 23.1 Å². The van der Waals surface area contributed by atoms with Gasteiger partial charge in [0, 0.05) is 16.0 Å². The summed E-state index contributed by atoms with van der Waals surface area (Å²) in [4.78, 5) is 25.7. The zero-order chi connectivity index (χ0) is 14.5. The number of H-pyrrole nitrogens is 1. The fourth-order valence-corrected chi connectivity index (χ4v) is 2.55. The Kier molecular flexibility index (Phi) is 2.86. The van der Waals surface area contributed by atoms with Gasteiger partial charge >= 0.3 is 7.28 Å². The molecule has 0 spiro atoms. The quantitative estimate of drug-likeness (QED) is 0.852. The lowest BCUT2D eigenvalue weighted by Crippen LogP contribution is -2.35. The van der Waals surface area contributed by atoms with Gasteiger partial charge in [-0.1, -0.05) is 11.6 Å². The van der Waals surface area contributed by atoms with Crippen molar-refractivity contribution in [2.24, 2.45) is 0 Å². The van der Waals surface area contributed by atoms with Crippen molar-refractivity contribution in [1.82, 2.24) is 4.98 Å². The number of nitrogens with one attached hydrogen (secondary N) is 1. The van der Waals surface area contributed by atoms with E-state index in [0.29, 0.717) is 23.9 Å². The molecule has 1 aliphatic carbocycles. The number of alkyl halides is 1. The van der Waals surface area contributed by atoms with Gasteiger partial charge < -0.3 is 10.1 Å². The molecule has 0 amide bonds. The standard InChI is InChI=1S/C13H9BClFNO3/c15-9-4-10-6(3-7(9)13(16)1-2-13)11(18)8(5-17-10)14-12(19)20/h3-5H,1-2H2,(H,17,18)(H,19,20). The molecule has 0 saturated heterocycles. The first kappa shape index (κ1) is 13.2. The zero-order valence-electron chi connectivity index (χ0n) is 10.2. The summed E-state index contributed by atoms with van der Waals surface area (Å²) >= 11 is 6.04. The number of rotatable bonds is 3. The van der Waals surface area contributed by atoms with E-state index >= 15 is 0 Å². The van der Waals surface area contributed by atoms with Crippen molar-refractivity contribution >= 4 is 41.1 Å². The van der Waals surface area contributed by atoms with E-state index in [1.165, 1.54) is 18.3 Å². The summed E-state index contributed by atoms with van der Waals surface area (Å²) in [7, 11) is 0.814. The van der Waals surface area contributed by atoms with E-state index in [2.05, 4.69) is 4.98 Å². The molecular formula is C13H9BClFNO3. The van der Waals surface area contributed by atoms with Crippen LogP contribution in [0.4, 0.5) is 9.18 Å². The fraction of sp³-hybridized carbons (Fsp3) is 0.231. The minimum absolute atomic E-state index is 0.0157. The maximum atomic E-state index is 14.2. The van der Waals surface area contributed by atoms with Gasteiger partial charge in [0.05, 0.1) is 5.52 Å². The van der Waals surface area contributed by atoms with Gasteiger partial charge in [-0.25, -0.2) is 4.39 Å². The molecule has 0 unspecified atom stereocenters. The predicted molar refractivity (Wildman–Crippen MR) is 75.0 cm³/mol. The lowest BCUT2D eigenvalue weighted by atomic mass is 9.71. The molecule has 4 nitrogen and oxygen atoms in total. The van der Waals surface area contributed by atoms with Crippen LogP contribution in [0.3, 0.4) is 0 Å². The monoisotopic (exact) mass is 292 g/mol. The third-order valence-corrected chi connectivity index (χ3v) is 3.76. The molecule has 1 aromatic carbocycles. The Morgan fingerprint density at radius 1 is 1.45 bits per heavy atom. The van der Waals surface area contributed by atoms with E-state index in [1.54, 1.807) is 0 Å². The molecule has 3 rings (SSSR count). The second kappa shape index (κ2) is 4.35. The largest absolute Gasteiger partial charge is 0.489 e. The molecule has 20 heavy (non-hydrogen) atoms. The highest BCUT2D eigenvalue weighted by atomic mass is 35.5. The maximum Gasteiger partial charge on any atom is 0.305 e. The summed E-state index contributed by atoms with van der Waals surface area (Å²) in [5, 5.41) is 9.22. The predicted octanol–water partition coefficient (Wildman–Crippen LogP) is 2.15. The van der Waals surface area contributed by atoms with E-state index < -0.39 is 17.0 Å². The molecule has 2 N–H and O–H groups in total. The highest BCUT2D eigenvalue weighted by molar-refractivity contribution is 6.82. The smallest absolute Gasteiger partial charge is 0.305 e. The van der Waals surface area contributed by atoms with Crippen LogP contribution in [0, 0.1) is 0 Å². The van der Waals surface area contributed by atoms with Gasteiger partial charge in [0.1, 0.15) is 5.67 Å². The van der Waals surface area contributed by atoms with E-state index in [9.17, 15) is 14.0 Å². The number of benzene rings is 1. The number of fused-ring (bicyclic) bond motifs is 1. The lowest BCUT2D eigenvalue weighted by molar-refractivity contribution is 0.220. The number of pyridine rings is 1. The van der Waals surface area contributed by atoms with Gasteiger partial charge in [-0.3, -0.25) is 9.59 Å². The molecule has 0 aliphatic heterocycles. The van der Waals surface area contributed by atoms with Gasteiger partial charge in [-0.15, -0.1) is 0 Å². The molecule has 0 atom stereocenters. The van der Waals surface area contributed by atoms with Crippen molar-refractivity contribution in [3.63, 3.8) is 0 Å². The first-order valence-electron chi connectivity index (χ1n) is 6.03. The van der Waals surface area contributed by atoms with Crippen LogP contribution < -0.4 is 10.9 Å². The van der Waals surface area contributed by atoms with Crippen LogP contribution in [0.1, 0.15) is 18.4 Å². The van der Waals surface area contributed by atoms with E-state index in [-0.39, 0.29) is 15.9 Å². The van der Waals surface area contributed by atoms with Crippen LogP contribution in [0.25, 0.3) is 10.9 Å². The number of halogens is 2. The van der Waals surface area contributed by atoms with Crippen LogP contribution in [-0.4, -0.2) is 23.2 Å². The minimum Gasteiger partial charge on any atom is -0.489 e. The second-order valence-electron chi connectivity index (χ2n) is 4.90. The van der Waals surface area contributed by atoms with Crippen LogP contribution in [0.2, 0.25) is 5.02 Å². The summed E-state index contributed by atoms with van der Waals surface area (Å²) in [6, 6.07) is 2.92. The van der Waals surface area contributed by atoms with Crippen molar-refractivity contribution in [2.45, 2.75) is 18.5 Å². The van der Waals surface area contributed by atoms with Crippen molar-refractivity contribution in [2.75, 3.05) is 0 Å². The Morgan fingerprint density at radius 2 is 2.15 bits per heavy atom.